The van der Waals surface area contributed by atoms with Crippen LogP contribution in [-0.4, -0.2) is 30.0 Å². The number of aromatic nitrogens is 2. The molecule has 2 amide bonds. The average Bonchev–Trinajstić information content (AvgIpc) is 3.04. The molecular weight excluding hydrogens is 442 g/mol. The van der Waals surface area contributed by atoms with Crippen molar-refractivity contribution in [2.45, 2.75) is 24.3 Å². The van der Waals surface area contributed by atoms with Crippen LogP contribution in [0.1, 0.15) is 18.0 Å². The van der Waals surface area contributed by atoms with Crippen molar-refractivity contribution in [3.63, 3.8) is 0 Å². The van der Waals surface area contributed by atoms with Gasteiger partial charge in [0, 0.05) is 21.8 Å². The lowest BCUT2D eigenvalue weighted by Crippen LogP contribution is -2.35. The monoisotopic (exact) mass is 459 g/mol. The first-order valence-corrected chi connectivity index (χ1v) is 11.1. The Hall–Kier alpha value is -3.21. The van der Waals surface area contributed by atoms with Crippen molar-refractivity contribution in [2.75, 3.05) is 10.6 Å². The summed E-state index contributed by atoms with van der Waals surface area (Å²) in [4.78, 5) is 25.1. The Balaban J connectivity index is 1.64. The molecule has 0 fully saturated rings. The molecule has 3 aromatic rings. The van der Waals surface area contributed by atoms with Gasteiger partial charge in [-0.25, -0.2) is 18.2 Å². The van der Waals surface area contributed by atoms with Crippen molar-refractivity contribution in [2.24, 2.45) is 5.14 Å². The van der Waals surface area contributed by atoms with Gasteiger partial charge in [-0.3, -0.25) is 9.59 Å². The van der Waals surface area contributed by atoms with Gasteiger partial charge in [0.25, 0.3) is 0 Å². The van der Waals surface area contributed by atoms with Crippen molar-refractivity contribution in [3.05, 3.63) is 59.1 Å². The Bertz CT molecular complexity index is 1280. The zero-order chi connectivity index (χ0) is 22.3. The zero-order valence-corrected chi connectivity index (χ0v) is 17.9. The molecule has 0 bridgehead atoms. The van der Waals surface area contributed by atoms with Crippen LogP contribution in [0.4, 0.5) is 11.5 Å². The van der Waals surface area contributed by atoms with Crippen LogP contribution >= 0.6 is 11.6 Å². The van der Waals surface area contributed by atoms with E-state index in [9.17, 15) is 18.0 Å². The van der Waals surface area contributed by atoms with Gasteiger partial charge in [-0.15, -0.1) is 0 Å². The molecule has 160 valence electrons. The first-order valence-electron chi connectivity index (χ1n) is 9.22. The molecule has 0 aliphatic carbocycles. The Kier molecular flexibility index (Phi) is 5.29. The number of halogens is 1. The van der Waals surface area contributed by atoms with E-state index in [0.717, 1.165) is 11.1 Å². The number of anilines is 2. The Morgan fingerprint density at radius 3 is 2.45 bits per heavy atom. The highest BCUT2D eigenvalue weighted by Gasteiger charge is 2.34. The molecule has 0 spiro atoms. The van der Waals surface area contributed by atoms with E-state index in [1.54, 1.807) is 12.1 Å². The number of sulfonamides is 1. The minimum Gasteiger partial charge on any atom is -0.324 e. The van der Waals surface area contributed by atoms with Crippen LogP contribution in [0.15, 0.2) is 53.4 Å². The van der Waals surface area contributed by atoms with Crippen molar-refractivity contribution < 1.29 is 18.0 Å². The Morgan fingerprint density at radius 1 is 1.19 bits per heavy atom. The molecule has 1 aliphatic heterocycles. The lowest BCUT2D eigenvalue weighted by atomic mass is 10.1. The highest BCUT2D eigenvalue weighted by molar-refractivity contribution is 7.89. The van der Waals surface area contributed by atoms with E-state index < -0.39 is 22.0 Å². The number of benzene rings is 2. The predicted octanol–water partition coefficient (Wildman–Crippen LogP) is 2.68. The van der Waals surface area contributed by atoms with Gasteiger partial charge in [0.05, 0.1) is 17.0 Å². The summed E-state index contributed by atoms with van der Waals surface area (Å²) in [5, 5.41) is 15.7. The smallest absolute Gasteiger partial charge is 0.249 e. The molecule has 9 nitrogen and oxygen atoms in total. The summed E-state index contributed by atoms with van der Waals surface area (Å²) in [5.74, 6) is -0.307. The third-order valence-electron chi connectivity index (χ3n) is 4.95. The number of hydrogen-bond acceptors (Lipinski definition) is 5. The lowest BCUT2D eigenvalue weighted by Gasteiger charge is -2.24. The van der Waals surface area contributed by atoms with E-state index >= 15 is 0 Å². The fourth-order valence-electron chi connectivity index (χ4n) is 3.38. The molecule has 1 atom stereocenters. The summed E-state index contributed by atoms with van der Waals surface area (Å²) in [6.45, 7) is 1.81. The third-order valence-corrected chi connectivity index (χ3v) is 6.13. The first-order chi connectivity index (χ1) is 14.6. The van der Waals surface area contributed by atoms with Crippen LogP contribution in [0.3, 0.4) is 0 Å². The van der Waals surface area contributed by atoms with E-state index in [4.69, 9.17) is 16.7 Å². The maximum Gasteiger partial charge on any atom is 0.249 e. The first kappa shape index (κ1) is 21.0. The molecule has 0 saturated heterocycles. The fourth-order valence-corrected chi connectivity index (χ4v) is 4.02. The molecule has 4 N–H and O–H groups in total. The van der Waals surface area contributed by atoms with Gasteiger partial charge in [-0.1, -0.05) is 23.7 Å². The fraction of sp³-hybridized carbons (Fsp3) is 0.150. The minimum absolute atomic E-state index is 0.0693. The van der Waals surface area contributed by atoms with E-state index in [-0.39, 0.29) is 17.2 Å². The number of amides is 2. The van der Waals surface area contributed by atoms with Gasteiger partial charge in [0.2, 0.25) is 21.8 Å². The second-order valence-corrected chi connectivity index (χ2v) is 9.10. The molecule has 0 unspecified atom stereocenters. The minimum atomic E-state index is -3.83. The number of fused-ring (bicyclic) bond motifs is 1. The number of nitrogens with zero attached hydrogens (tertiary/aromatic N) is 2. The Morgan fingerprint density at radius 2 is 1.84 bits per heavy atom. The number of rotatable bonds is 4. The van der Waals surface area contributed by atoms with Crippen LogP contribution in [0, 0.1) is 6.92 Å². The molecule has 0 radical (unpaired) electrons. The van der Waals surface area contributed by atoms with E-state index in [2.05, 4.69) is 15.7 Å². The molecule has 11 heteroatoms. The molecule has 2 aromatic carbocycles. The van der Waals surface area contributed by atoms with Crippen molar-refractivity contribution in [1.29, 1.82) is 0 Å². The lowest BCUT2D eigenvalue weighted by molar-refractivity contribution is -0.125. The van der Waals surface area contributed by atoms with E-state index in [1.165, 1.54) is 28.9 Å². The molecular formula is C20H18ClN5O4S. The van der Waals surface area contributed by atoms with Crippen LogP contribution in [0.25, 0.3) is 11.3 Å². The predicted molar refractivity (Wildman–Crippen MR) is 116 cm³/mol. The molecule has 1 aliphatic rings. The molecule has 4 rings (SSSR count). The topological polar surface area (TPSA) is 136 Å². The van der Waals surface area contributed by atoms with Gasteiger partial charge in [0.1, 0.15) is 11.9 Å². The largest absolute Gasteiger partial charge is 0.324 e. The highest BCUT2D eigenvalue weighted by Crippen LogP contribution is 2.34. The summed E-state index contributed by atoms with van der Waals surface area (Å²) >= 11 is 5.96. The quantitative estimate of drug-likeness (QED) is 0.551. The second kappa shape index (κ2) is 7.80. The standard InChI is InChI=1S/C20H18ClN5O4S/c1-11-18(12-2-4-13(21)5-3-12)25-26-16(10-17(27)24-19(11)26)20(28)23-14-6-8-15(9-7-14)31(22,29)30/h2-9,16H,10H2,1H3,(H,23,28)(H,24,27)(H2,22,29,30)/t16-/m0/s1. The van der Waals surface area contributed by atoms with Crippen LogP contribution in [0.5, 0.6) is 0 Å². The highest BCUT2D eigenvalue weighted by atomic mass is 35.5. The van der Waals surface area contributed by atoms with Crippen LogP contribution < -0.4 is 15.8 Å². The summed E-state index contributed by atoms with van der Waals surface area (Å²) < 4.78 is 24.3. The third kappa shape index (κ3) is 4.18. The van der Waals surface area contributed by atoms with Crippen molar-refractivity contribution >= 4 is 44.9 Å². The van der Waals surface area contributed by atoms with Crippen LogP contribution in [0.2, 0.25) is 5.02 Å². The number of carbonyl (C=O) groups is 2. The maximum atomic E-state index is 12.9. The molecule has 0 saturated carbocycles. The van der Waals surface area contributed by atoms with E-state index in [0.29, 0.717) is 22.2 Å². The van der Waals surface area contributed by atoms with Gasteiger partial charge in [0.15, 0.2) is 0 Å². The summed E-state index contributed by atoms with van der Waals surface area (Å²) in [6, 6.07) is 11.7. The normalized spacial score (nSPS) is 15.8. The number of primary sulfonamides is 1. The summed E-state index contributed by atoms with van der Waals surface area (Å²) in [7, 11) is -3.83. The molecule has 2 heterocycles. The van der Waals surface area contributed by atoms with E-state index in [1.807, 2.05) is 19.1 Å². The SMILES string of the molecule is Cc1c(-c2ccc(Cl)cc2)nn2c1NC(=O)C[C@H]2C(=O)Nc1ccc(S(N)(=O)=O)cc1. The number of nitrogens with one attached hydrogen (secondary N) is 2. The van der Waals surface area contributed by atoms with Gasteiger partial charge in [-0.2, -0.15) is 5.10 Å². The summed E-state index contributed by atoms with van der Waals surface area (Å²) in [6.07, 6.45) is -0.0880. The van der Waals surface area contributed by atoms with Crippen molar-refractivity contribution in [3.8, 4) is 11.3 Å². The number of nitrogens with two attached hydrogens (primary N) is 1. The average molecular weight is 460 g/mol. The maximum absolute atomic E-state index is 12.9. The second-order valence-electron chi connectivity index (χ2n) is 7.10. The van der Waals surface area contributed by atoms with Crippen molar-refractivity contribution in [1.82, 2.24) is 9.78 Å². The zero-order valence-electron chi connectivity index (χ0n) is 16.3. The number of hydrogen-bond donors (Lipinski definition) is 3. The van der Waals surface area contributed by atoms with Gasteiger partial charge in [-0.05, 0) is 43.3 Å². The summed E-state index contributed by atoms with van der Waals surface area (Å²) in [5.41, 5.74) is 2.53. The number of carbonyl (C=O) groups excluding carboxylic acids is 2. The van der Waals surface area contributed by atoms with Crippen LogP contribution in [-0.2, 0) is 19.6 Å². The molecule has 31 heavy (non-hydrogen) atoms. The Labute approximate surface area is 183 Å². The van der Waals surface area contributed by atoms with Gasteiger partial charge < -0.3 is 10.6 Å². The molecule has 1 aromatic heterocycles. The van der Waals surface area contributed by atoms with Gasteiger partial charge >= 0.3 is 0 Å².